The molecular formula is C23H24N4O. The average Bonchev–Trinajstić information content (AvgIpc) is 3.39. The summed E-state index contributed by atoms with van der Waals surface area (Å²) in [6, 6.07) is 12.6. The lowest BCUT2D eigenvalue weighted by Crippen LogP contribution is -2.15. The van der Waals surface area contributed by atoms with E-state index in [-0.39, 0.29) is 0 Å². The van der Waals surface area contributed by atoms with Crippen molar-refractivity contribution in [1.29, 1.82) is 0 Å². The molecule has 0 saturated heterocycles. The summed E-state index contributed by atoms with van der Waals surface area (Å²) in [5.74, 6) is 1.46. The summed E-state index contributed by atoms with van der Waals surface area (Å²) in [7, 11) is 0. The first-order valence-corrected chi connectivity index (χ1v) is 9.82. The van der Waals surface area contributed by atoms with Crippen molar-refractivity contribution in [3.8, 4) is 11.4 Å². The lowest BCUT2D eigenvalue weighted by molar-refractivity contribution is 0.0786. The molecular weight excluding hydrogens is 348 g/mol. The van der Waals surface area contributed by atoms with Gasteiger partial charge in [-0.15, -0.1) is 10.2 Å². The van der Waals surface area contributed by atoms with E-state index in [9.17, 15) is 5.11 Å². The summed E-state index contributed by atoms with van der Waals surface area (Å²) in [6.45, 7) is 7.64. The Morgan fingerprint density at radius 3 is 2.54 bits per heavy atom. The minimum atomic E-state index is -0.915. The fourth-order valence-corrected chi connectivity index (χ4v) is 3.88. The third kappa shape index (κ3) is 2.69. The van der Waals surface area contributed by atoms with E-state index in [0.717, 1.165) is 44.9 Å². The minimum Gasteiger partial charge on any atom is -0.386 e. The van der Waals surface area contributed by atoms with Gasteiger partial charge in [0, 0.05) is 5.56 Å². The average molecular weight is 372 g/mol. The van der Waals surface area contributed by atoms with E-state index in [1.807, 2.05) is 25.1 Å². The van der Waals surface area contributed by atoms with Crippen LogP contribution in [0, 0.1) is 13.8 Å². The van der Waals surface area contributed by atoms with Gasteiger partial charge in [-0.05, 0) is 81.3 Å². The molecule has 5 nitrogen and oxygen atoms in total. The number of fused-ring (bicyclic) bond motifs is 3. The number of benzene rings is 2. The molecule has 0 aliphatic heterocycles. The lowest BCUT2D eigenvalue weighted by Gasteiger charge is -2.19. The zero-order chi connectivity index (χ0) is 19.6. The molecule has 2 aromatic heterocycles. The highest BCUT2D eigenvalue weighted by Crippen LogP contribution is 2.41. The van der Waals surface area contributed by atoms with Gasteiger partial charge < -0.3 is 5.11 Å². The lowest BCUT2D eigenvalue weighted by atomic mass is 9.94. The Bertz CT molecular complexity index is 1230. The molecule has 5 rings (SSSR count). The van der Waals surface area contributed by atoms with Crippen molar-refractivity contribution in [1.82, 2.24) is 19.6 Å². The summed E-state index contributed by atoms with van der Waals surface area (Å²) in [5, 5.41) is 19.5. The van der Waals surface area contributed by atoms with Gasteiger partial charge in [0.25, 0.3) is 0 Å². The quantitative estimate of drug-likeness (QED) is 0.568. The van der Waals surface area contributed by atoms with Gasteiger partial charge in [-0.2, -0.15) is 0 Å². The van der Waals surface area contributed by atoms with Gasteiger partial charge in [0.05, 0.1) is 22.3 Å². The van der Waals surface area contributed by atoms with Crippen LogP contribution in [0.1, 0.15) is 55.0 Å². The number of aliphatic hydroxyl groups is 1. The molecule has 2 aromatic carbocycles. The van der Waals surface area contributed by atoms with Crippen LogP contribution >= 0.6 is 0 Å². The van der Waals surface area contributed by atoms with Gasteiger partial charge in [0.2, 0.25) is 0 Å². The smallest absolute Gasteiger partial charge is 0.183 e. The molecule has 0 amide bonds. The first-order valence-electron chi connectivity index (χ1n) is 9.82. The zero-order valence-corrected chi connectivity index (χ0v) is 16.7. The molecule has 0 unspecified atom stereocenters. The van der Waals surface area contributed by atoms with E-state index in [2.05, 4.69) is 39.7 Å². The number of aryl methyl sites for hydroxylation is 2. The Labute approximate surface area is 164 Å². The number of rotatable bonds is 3. The Kier molecular flexibility index (Phi) is 3.62. The summed E-state index contributed by atoms with van der Waals surface area (Å²) < 4.78 is 2.13. The summed E-state index contributed by atoms with van der Waals surface area (Å²) in [6.07, 6.45) is 2.52. The maximum absolute atomic E-state index is 10.5. The maximum Gasteiger partial charge on any atom is 0.183 e. The van der Waals surface area contributed by atoms with Crippen LogP contribution in [0.4, 0.5) is 0 Å². The fourth-order valence-electron chi connectivity index (χ4n) is 3.88. The van der Waals surface area contributed by atoms with Crippen molar-refractivity contribution in [2.24, 2.45) is 0 Å². The third-order valence-electron chi connectivity index (χ3n) is 5.75. The molecule has 0 atom stereocenters. The number of aromatic nitrogens is 4. The standard InChI is InChI=1S/C23H24N4O/c1-13-5-9-17(23(3,4)28)12-18(13)22-26-25-21-14(2)24-19-10-8-16(15-6-7-15)11-20(19)27(21)22/h5,8-12,15,28H,6-7H2,1-4H3. The van der Waals surface area contributed by atoms with Crippen molar-refractivity contribution in [3.63, 3.8) is 0 Å². The Morgan fingerprint density at radius 2 is 1.82 bits per heavy atom. The SMILES string of the molecule is Cc1ccc(C(C)(C)O)cc1-c1nnc2c(C)nc3ccc(C4CC4)cc3n12. The van der Waals surface area contributed by atoms with Crippen molar-refractivity contribution in [3.05, 3.63) is 58.8 Å². The number of hydrogen-bond acceptors (Lipinski definition) is 4. The second kappa shape index (κ2) is 5.85. The van der Waals surface area contributed by atoms with Crippen LogP contribution in [0.15, 0.2) is 36.4 Å². The van der Waals surface area contributed by atoms with Crippen molar-refractivity contribution in [2.45, 2.75) is 52.1 Å². The second-order valence-corrected chi connectivity index (χ2v) is 8.49. The Hall–Kier alpha value is -2.79. The van der Waals surface area contributed by atoms with Crippen molar-refractivity contribution >= 4 is 16.7 Å². The van der Waals surface area contributed by atoms with Gasteiger partial charge in [0.1, 0.15) is 0 Å². The van der Waals surface area contributed by atoms with Crippen molar-refractivity contribution < 1.29 is 5.11 Å². The molecule has 0 radical (unpaired) electrons. The molecule has 28 heavy (non-hydrogen) atoms. The predicted octanol–water partition coefficient (Wildman–Crippen LogP) is 4.67. The molecule has 1 fully saturated rings. The summed E-state index contributed by atoms with van der Waals surface area (Å²) in [4.78, 5) is 4.75. The normalized spacial score (nSPS) is 14.9. The highest BCUT2D eigenvalue weighted by atomic mass is 16.3. The maximum atomic E-state index is 10.5. The number of nitrogens with zero attached hydrogens (tertiary/aromatic N) is 4. The molecule has 142 valence electrons. The summed E-state index contributed by atoms with van der Waals surface area (Å²) in [5.41, 5.74) is 7.02. The Balaban J connectivity index is 1.83. The van der Waals surface area contributed by atoms with Crippen LogP contribution in [0.3, 0.4) is 0 Å². The largest absolute Gasteiger partial charge is 0.386 e. The molecule has 1 aliphatic carbocycles. The van der Waals surface area contributed by atoms with E-state index in [0.29, 0.717) is 5.92 Å². The molecule has 1 N–H and O–H groups in total. The van der Waals surface area contributed by atoms with Gasteiger partial charge in [-0.25, -0.2) is 4.98 Å². The molecule has 0 bridgehead atoms. The van der Waals surface area contributed by atoms with Crippen molar-refractivity contribution in [2.75, 3.05) is 0 Å². The summed E-state index contributed by atoms with van der Waals surface area (Å²) >= 11 is 0. The van der Waals surface area contributed by atoms with Crippen LogP contribution in [0.5, 0.6) is 0 Å². The fraction of sp³-hybridized carbons (Fsp3) is 0.348. The Morgan fingerprint density at radius 1 is 1.04 bits per heavy atom. The molecule has 5 heteroatoms. The van der Waals surface area contributed by atoms with E-state index < -0.39 is 5.60 Å². The van der Waals surface area contributed by atoms with E-state index >= 15 is 0 Å². The van der Waals surface area contributed by atoms with E-state index in [4.69, 9.17) is 4.98 Å². The van der Waals surface area contributed by atoms with Crippen LogP contribution in [-0.2, 0) is 5.60 Å². The molecule has 4 aromatic rings. The number of hydrogen-bond donors (Lipinski definition) is 1. The third-order valence-corrected chi connectivity index (χ3v) is 5.75. The minimum absolute atomic E-state index is 0.668. The monoisotopic (exact) mass is 372 g/mol. The zero-order valence-electron chi connectivity index (χ0n) is 16.7. The molecule has 1 aliphatic rings. The molecule has 2 heterocycles. The molecule has 1 saturated carbocycles. The highest BCUT2D eigenvalue weighted by molar-refractivity contribution is 5.82. The predicted molar refractivity (Wildman–Crippen MR) is 110 cm³/mol. The molecule has 0 spiro atoms. The van der Waals surface area contributed by atoms with Gasteiger partial charge in [0.15, 0.2) is 11.5 Å². The van der Waals surface area contributed by atoms with Gasteiger partial charge in [-0.1, -0.05) is 18.2 Å². The first kappa shape index (κ1) is 17.3. The first-order chi connectivity index (χ1) is 13.3. The highest BCUT2D eigenvalue weighted by Gasteiger charge is 2.25. The van der Waals surface area contributed by atoms with Crippen LogP contribution in [-0.4, -0.2) is 24.7 Å². The van der Waals surface area contributed by atoms with E-state index in [1.165, 1.54) is 18.4 Å². The van der Waals surface area contributed by atoms with Crippen LogP contribution in [0.25, 0.3) is 28.1 Å². The van der Waals surface area contributed by atoms with Gasteiger partial charge >= 0.3 is 0 Å². The van der Waals surface area contributed by atoms with Gasteiger partial charge in [-0.3, -0.25) is 4.40 Å². The van der Waals surface area contributed by atoms with Crippen LogP contribution < -0.4 is 0 Å². The topological polar surface area (TPSA) is 63.3 Å². The second-order valence-electron chi connectivity index (χ2n) is 8.49. The van der Waals surface area contributed by atoms with Crippen LogP contribution in [0.2, 0.25) is 0 Å². The van der Waals surface area contributed by atoms with E-state index in [1.54, 1.807) is 13.8 Å².